The lowest BCUT2D eigenvalue weighted by Crippen LogP contribution is -2.34. The predicted molar refractivity (Wildman–Crippen MR) is 93.4 cm³/mol. The summed E-state index contributed by atoms with van der Waals surface area (Å²) in [5, 5.41) is 2.89. The first-order valence-electron chi connectivity index (χ1n) is 8.32. The molecule has 1 saturated heterocycles. The van der Waals surface area contributed by atoms with Crippen molar-refractivity contribution in [1.82, 2.24) is 15.2 Å². The van der Waals surface area contributed by atoms with Crippen LogP contribution in [0.25, 0.3) is 11.1 Å². The fourth-order valence-electron chi connectivity index (χ4n) is 2.94. The average molecular weight is 347 g/mol. The Morgan fingerprint density at radius 3 is 3.08 bits per heavy atom. The maximum atomic E-state index is 12.2. The highest BCUT2D eigenvalue weighted by Gasteiger charge is 2.16. The highest BCUT2D eigenvalue weighted by Crippen LogP contribution is 2.15. The number of nitrogens with zero attached hydrogens (tertiary/aromatic N) is 1. The Bertz CT molecular complexity index is 796. The molecule has 1 aromatic heterocycles. The number of nitrogens with one attached hydrogen (secondary N) is 2. The van der Waals surface area contributed by atoms with Crippen molar-refractivity contribution in [3.8, 4) is 0 Å². The first-order chi connectivity index (χ1) is 11.6. The number of likely N-dealkylation sites (tertiary alicyclic amines) is 1. The summed E-state index contributed by atoms with van der Waals surface area (Å²) in [5.74, 6) is 0.0828. The molecule has 0 spiro atoms. The van der Waals surface area contributed by atoms with Crippen LogP contribution in [0.3, 0.4) is 0 Å². The standard InChI is InChI=1S/C17H21N3O3S/c21-15-5-2-1-3-9-20(15)10-4-8-18-16(22)12-6-7-13-14(11-12)23-17(24)19-13/h6-7,11H,1-5,8-10H2,(H,18,22)(H,19,24). The molecule has 0 atom stereocenters. The maximum absolute atomic E-state index is 12.2. The number of H-pyrrole nitrogens is 1. The number of hydrogen-bond donors (Lipinski definition) is 2. The van der Waals surface area contributed by atoms with Crippen LogP contribution < -0.4 is 5.32 Å². The topological polar surface area (TPSA) is 78.3 Å². The fourth-order valence-corrected chi connectivity index (χ4v) is 3.14. The Morgan fingerprint density at radius 1 is 1.33 bits per heavy atom. The molecule has 128 valence electrons. The van der Waals surface area contributed by atoms with Gasteiger partial charge in [-0.15, -0.1) is 0 Å². The van der Waals surface area contributed by atoms with Crippen LogP contribution in [0.4, 0.5) is 0 Å². The van der Waals surface area contributed by atoms with Crippen molar-refractivity contribution in [3.05, 3.63) is 28.6 Å². The Kier molecular flexibility index (Phi) is 5.30. The van der Waals surface area contributed by atoms with Gasteiger partial charge in [-0.2, -0.15) is 0 Å². The molecule has 3 rings (SSSR count). The van der Waals surface area contributed by atoms with Gasteiger partial charge in [0.2, 0.25) is 5.91 Å². The quantitative estimate of drug-likeness (QED) is 0.644. The van der Waals surface area contributed by atoms with E-state index in [1.807, 2.05) is 4.90 Å². The van der Waals surface area contributed by atoms with Crippen LogP contribution in [0.15, 0.2) is 22.6 Å². The molecule has 6 nitrogen and oxygen atoms in total. The number of fused-ring (bicyclic) bond motifs is 1. The van der Waals surface area contributed by atoms with E-state index in [9.17, 15) is 9.59 Å². The Hall–Kier alpha value is -2.15. The minimum Gasteiger partial charge on any atom is -0.429 e. The Morgan fingerprint density at radius 2 is 2.21 bits per heavy atom. The van der Waals surface area contributed by atoms with Crippen LogP contribution in [0.1, 0.15) is 42.5 Å². The highest BCUT2D eigenvalue weighted by molar-refractivity contribution is 7.71. The molecule has 2 N–H and O–H groups in total. The van der Waals surface area contributed by atoms with Gasteiger partial charge in [-0.25, -0.2) is 0 Å². The monoisotopic (exact) mass is 347 g/mol. The van der Waals surface area contributed by atoms with Crippen molar-refractivity contribution in [2.24, 2.45) is 0 Å². The van der Waals surface area contributed by atoms with Gasteiger partial charge in [0, 0.05) is 31.6 Å². The second kappa shape index (κ2) is 7.61. The molecule has 0 aliphatic carbocycles. The molecule has 1 fully saturated rings. The minimum absolute atomic E-state index is 0.151. The van der Waals surface area contributed by atoms with Gasteiger partial charge in [0.15, 0.2) is 5.58 Å². The number of aromatic nitrogens is 1. The van der Waals surface area contributed by atoms with Crippen molar-refractivity contribution in [2.45, 2.75) is 32.1 Å². The summed E-state index contributed by atoms with van der Waals surface area (Å²) >= 11 is 4.93. The SMILES string of the molecule is O=C(NCCCN1CCCCCC1=O)c1ccc2[nH]c(=S)oc2c1. The summed E-state index contributed by atoms with van der Waals surface area (Å²) in [4.78, 5) is 29.2. The van der Waals surface area contributed by atoms with Gasteiger partial charge in [-0.3, -0.25) is 9.59 Å². The van der Waals surface area contributed by atoms with E-state index < -0.39 is 0 Å². The summed E-state index contributed by atoms with van der Waals surface area (Å²) in [5.41, 5.74) is 1.88. The van der Waals surface area contributed by atoms with Crippen molar-refractivity contribution < 1.29 is 14.0 Å². The van der Waals surface area contributed by atoms with Gasteiger partial charge in [0.25, 0.3) is 10.7 Å². The molecular weight excluding hydrogens is 326 g/mol. The molecule has 1 aromatic carbocycles. The third-order valence-electron chi connectivity index (χ3n) is 4.24. The molecule has 1 aliphatic rings. The first-order valence-corrected chi connectivity index (χ1v) is 8.73. The molecule has 2 amide bonds. The zero-order valence-electron chi connectivity index (χ0n) is 13.5. The molecule has 2 heterocycles. The smallest absolute Gasteiger partial charge is 0.266 e. The summed E-state index contributed by atoms with van der Waals surface area (Å²) in [6, 6.07) is 5.19. The fraction of sp³-hybridized carbons (Fsp3) is 0.471. The van der Waals surface area contributed by atoms with Crippen molar-refractivity contribution in [1.29, 1.82) is 0 Å². The number of aromatic amines is 1. The Labute approximate surface area is 145 Å². The van der Waals surface area contributed by atoms with Gasteiger partial charge in [0.05, 0.1) is 5.52 Å². The lowest BCUT2D eigenvalue weighted by molar-refractivity contribution is -0.130. The largest absolute Gasteiger partial charge is 0.429 e. The second-order valence-electron chi connectivity index (χ2n) is 6.03. The molecule has 0 radical (unpaired) electrons. The van der Waals surface area contributed by atoms with E-state index in [2.05, 4.69) is 10.3 Å². The minimum atomic E-state index is -0.151. The van der Waals surface area contributed by atoms with Crippen molar-refractivity contribution in [3.63, 3.8) is 0 Å². The molecule has 1 aliphatic heterocycles. The summed E-state index contributed by atoms with van der Waals surface area (Å²) in [7, 11) is 0. The predicted octanol–water partition coefficient (Wildman–Crippen LogP) is 3.01. The van der Waals surface area contributed by atoms with Crippen LogP contribution in [0, 0.1) is 4.84 Å². The second-order valence-corrected chi connectivity index (χ2v) is 6.40. The average Bonchev–Trinajstić information content (AvgIpc) is 2.82. The number of rotatable bonds is 5. The van der Waals surface area contributed by atoms with E-state index in [1.165, 1.54) is 0 Å². The van der Waals surface area contributed by atoms with Crippen molar-refractivity contribution >= 4 is 35.1 Å². The number of carbonyl (C=O) groups is 2. The van der Waals surface area contributed by atoms with Crippen LogP contribution in [0.5, 0.6) is 0 Å². The molecule has 24 heavy (non-hydrogen) atoms. The lowest BCUT2D eigenvalue weighted by atomic mass is 10.2. The molecule has 0 bridgehead atoms. The van der Waals surface area contributed by atoms with Crippen LogP contribution in [-0.4, -0.2) is 41.3 Å². The molecule has 2 aromatic rings. The van der Waals surface area contributed by atoms with Crippen LogP contribution in [0.2, 0.25) is 0 Å². The van der Waals surface area contributed by atoms with E-state index >= 15 is 0 Å². The summed E-state index contributed by atoms with van der Waals surface area (Å²) in [6.45, 7) is 2.07. The molecule has 0 saturated carbocycles. The van der Waals surface area contributed by atoms with Gasteiger partial charge in [-0.1, -0.05) is 6.42 Å². The number of amides is 2. The van der Waals surface area contributed by atoms with Gasteiger partial charge < -0.3 is 19.6 Å². The Balaban J connectivity index is 1.49. The number of hydrogen-bond acceptors (Lipinski definition) is 4. The normalized spacial score (nSPS) is 15.5. The van der Waals surface area contributed by atoms with Crippen LogP contribution in [-0.2, 0) is 4.79 Å². The zero-order chi connectivity index (χ0) is 16.9. The number of carbonyl (C=O) groups excluding carboxylic acids is 2. The third-order valence-corrected chi connectivity index (χ3v) is 4.43. The first kappa shape index (κ1) is 16.7. The molecule has 7 heteroatoms. The van der Waals surface area contributed by atoms with E-state index in [0.29, 0.717) is 35.5 Å². The van der Waals surface area contributed by atoms with Gasteiger partial charge in [0.1, 0.15) is 0 Å². The van der Waals surface area contributed by atoms with E-state index in [1.54, 1.807) is 18.2 Å². The lowest BCUT2D eigenvalue weighted by Gasteiger charge is -2.20. The summed E-state index contributed by atoms with van der Waals surface area (Å²) in [6.07, 6.45) is 4.59. The maximum Gasteiger partial charge on any atom is 0.266 e. The zero-order valence-corrected chi connectivity index (χ0v) is 14.3. The highest BCUT2D eigenvalue weighted by atomic mass is 32.1. The molecule has 0 unspecified atom stereocenters. The molecular formula is C17H21N3O3S. The number of oxazole rings is 1. The third kappa shape index (κ3) is 4.03. The van der Waals surface area contributed by atoms with E-state index in [-0.39, 0.29) is 11.8 Å². The van der Waals surface area contributed by atoms with E-state index in [0.717, 1.165) is 37.7 Å². The van der Waals surface area contributed by atoms with E-state index in [4.69, 9.17) is 16.6 Å². The van der Waals surface area contributed by atoms with Gasteiger partial charge in [-0.05, 0) is 49.7 Å². The number of benzene rings is 1. The van der Waals surface area contributed by atoms with Crippen molar-refractivity contribution in [2.75, 3.05) is 19.6 Å². The van der Waals surface area contributed by atoms with Gasteiger partial charge >= 0.3 is 0 Å². The van der Waals surface area contributed by atoms with Crippen LogP contribution >= 0.6 is 12.2 Å². The summed E-state index contributed by atoms with van der Waals surface area (Å²) < 4.78 is 5.32.